The molecule has 4 rings (SSSR count). The number of carbonyl (C=O) groups is 1. The maximum absolute atomic E-state index is 14.0. The molecule has 32 heavy (non-hydrogen) atoms. The number of rotatable bonds is 4. The Labute approximate surface area is 183 Å². The smallest absolute Gasteiger partial charge is 0.259 e. The van der Waals surface area contributed by atoms with Gasteiger partial charge in [0.05, 0.1) is 16.6 Å². The highest BCUT2D eigenvalue weighted by atomic mass is 19.1. The number of nitrogens with one attached hydrogen (secondary N) is 1. The van der Waals surface area contributed by atoms with E-state index < -0.39 is 17.2 Å². The highest BCUT2D eigenvalue weighted by Crippen LogP contribution is 2.23. The Morgan fingerprint density at radius 3 is 2.59 bits per heavy atom. The zero-order valence-electron chi connectivity index (χ0n) is 17.6. The van der Waals surface area contributed by atoms with Crippen LogP contribution in [0.15, 0.2) is 41.2 Å². The minimum Gasteiger partial charge on any atom is -0.367 e. The molecule has 1 amide bonds. The van der Waals surface area contributed by atoms with Gasteiger partial charge in [-0.15, -0.1) is 0 Å². The normalized spacial score (nSPS) is 13.9. The third kappa shape index (κ3) is 4.19. The third-order valence-electron chi connectivity index (χ3n) is 5.89. The zero-order chi connectivity index (χ0) is 22.8. The first-order chi connectivity index (χ1) is 15.4. The average molecular weight is 436 g/mol. The second kappa shape index (κ2) is 8.79. The molecule has 8 heteroatoms. The fourth-order valence-electron chi connectivity index (χ4n) is 4.14. The van der Waals surface area contributed by atoms with Crippen LogP contribution in [0.5, 0.6) is 0 Å². The Morgan fingerprint density at radius 1 is 1.12 bits per heavy atom. The van der Waals surface area contributed by atoms with Crippen molar-refractivity contribution >= 4 is 22.4 Å². The van der Waals surface area contributed by atoms with Crippen molar-refractivity contribution in [3.05, 3.63) is 75.2 Å². The minimum absolute atomic E-state index is 0.0359. The maximum atomic E-state index is 14.0. The Morgan fingerprint density at radius 2 is 1.88 bits per heavy atom. The third-order valence-corrected chi connectivity index (χ3v) is 5.89. The summed E-state index contributed by atoms with van der Waals surface area (Å²) in [4.78, 5) is 31.4. The standard InChI is InChI=1S/C24H22F2N4O2/c1-15-2-5-20(26)23-19(15)13-18(28-24(23)32)4-7-22(31)30-10-8-29(9-11-30)21-6-3-17(25)12-16(21)14-27/h2-3,5-6,12-13H,4,7-11H2,1H3,(H,28,32). The predicted molar refractivity (Wildman–Crippen MR) is 117 cm³/mol. The molecule has 2 heterocycles. The summed E-state index contributed by atoms with van der Waals surface area (Å²) in [6.07, 6.45) is 0.562. The lowest BCUT2D eigenvalue weighted by Crippen LogP contribution is -2.49. The van der Waals surface area contributed by atoms with E-state index in [4.69, 9.17) is 0 Å². The van der Waals surface area contributed by atoms with Crippen molar-refractivity contribution in [1.82, 2.24) is 9.88 Å². The van der Waals surface area contributed by atoms with E-state index in [1.807, 2.05) is 17.9 Å². The SMILES string of the molecule is Cc1ccc(F)c2c(=O)[nH]c(CCC(=O)N3CCN(c4ccc(F)cc4C#N)CC3)cc12. The van der Waals surface area contributed by atoms with Gasteiger partial charge in [0.2, 0.25) is 5.91 Å². The van der Waals surface area contributed by atoms with Gasteiger partial charge in [-0.25, -0.2) is 8.78 Å². The number of aryl methyl sites for hydroxylation is 2. The van der Waals surface area contributed by atoms with Crippen molar-refractivity contribution in [1.29, 1.82) is 5.26 Å². The number of hydrogen-bond donors (Lipinski definition) is 1. The Balaban J connectivity index is 1.40. The Bertz CT molecular complexity index is 1290. The van der Waals surface area contributed by atoms with Gasteiger partial charge in [-0.1, -0.05) is 6.07 Å². The van der Waals surface area contributed by atoms with Gasteiger partial charge >= 0.3 is 0 Å². The summed E-state index contributed by atoms with van der Waals surface area (Å²) in [5.74, 6) is -1.06. The number of amides is 1. The van der Waals surface area contributed by atoms with E-state index in [1.54, 1.807) is 23.1 Å². The number of nitrogens with zero attached hydrogens (tertiary/aromatic N) is 3. The van der Waals surface area contributed by atoms with Gasteiger partial charge < -0.3 is 14.8 Å². The van der Waals surface area contributed by atoms with Crippen molar-refractivity contribution in [2.45, 2.75) is 19.8 Å². The minimum atomic E-state index is -0.562. The van der Waals surface area contributed by atoms with Crippen LogP contribution in [0.3, 0.4) is 0 Å². The lowest BCUT2D eigenvalue weighted by molar-refractivity contribution is -0.131. The number of fused-ring (bicyclic) bond motifs is 1. The highest BCUT2D eigenvalue weighted by Gasteiger charge is 2.23. The molecule has 164 valence electrons. The molecular formula is C24H22F2N4O2. The molecule has 0 aliphatic carbocycles. The van der Waals surface area contributed by atoms with Gasteiger partial charge in [-0.05, 0) is 54.6 Å². The maximum Gasteiger partial charge on any atom is 0.259 e. The fraction of sp³-hybridized carbons (Fsp3) is 0.292. The van der Waals surface area contributed by atoms with Crippen LogP contribution in [0, 0.1) is 29.9 Å². The van der Waals surface area contributed by atoms with E-state index in [9.17, 15) is 23.6 Å². The molecule has 1 aromatic heterocycles. The van der Waals surface area contributed by atoms with Crippen molar-refractivity contribution in [2.75, 3.05) is 31.1 Å². The lowest BCUT2D eigenvalue weighted by atomic mass is 10.0. The van der Waals surface area contributed by atoms with E-state index in [1.165, 1.54) is 18.2 Å². The monoisotopic (exact) mass is 436 g/mol. The van der Waals surface area contributed by atoms with Crippen molar-refractivity contribution in [2.24, 2.45) is 0 Å². The molecule has 2 aromatic carbocycles. The predicted octanol–water partition coefficient (Wildman–Crippen LogP) is 3.27. The molecule has 1 aliphatic rings. The second-order valence-electron chi connectivity index (χ2n) is 7.92. The molecule has 1 fully saturated rings. The number of pyridine rings is 1. The number of piperazine rings is 1. The van der Waals surface area contributed by atoms with Crippen molar-refractivity contribution in [3.8, 4) is 6.07 Å². The number of halogens is 2. The van der Waals surface area contributed by atoms with Crippen LogP contribution in [0.2, 0.25) is 0 Å². The first kappa shape index (κ1) is 21.5. The number of H-pyrrole nitrogens is 1. The van der Waals surface area contributed by atoms with Crippen LogP contribution in [0.4, 0.5) is 14.5 Å². The van der Waals surface area contributed by atoms with E-state index in [0.717, 1.165) is 5.56 Å². The molecule has 6 nitrogen and oxygen atoms in total. The van der Waals surface area contributed by atoms with Crippen molar-refractivity contribution in [3.63, 3.8) is 0 Å². The van der Waals surface area contributed by atoms with E-state index >= 15 is 0 Å². The number of aromatic amines is 1. The van der Waals surface area contributed by atoms with E-state index in [2.05, 4.69) is 4.98 Å². The van der Waals surface area contributed by atoms with Crippen LogP contribution in [0.25, 0.3) is 10.8 Å². The summed E-state index contributed by atoms with van der Waals surface area (Å²) in [7, 11) is 0. The molecule has 0 bridgehead atoms. The average Bonchev–Trinajstić information content (AvgIpc) is 2.79. The fourth-order valence-corrected chi connectivity index (χ4v) is 4.14. The summed E-state index contributed by atoms with van der Waals surface area (Å²) in [5, 5.41) is 9.84. The highest BCUT2D eigenvalue weighted by molar-refractivity contribution is 5.85. The number of nitriles is 1. The first-order valence-electron chi connectivity index (χ1n) is 10.4. The first-order valence-corrected chi connectivity index (χ1v) is 10.4. The number of carbonyl (C=O) groups excluding carboxylic acids is 1. The number of aromatic nitrogens is 1. The molecule has 0 saturated carbocycles. The van der Waals surface area contributed by atoms with Gasteiger partial charge in [0.1, 0.15) is 17.7 Å². The van der Waals surface area contributed by atoms with Gasteiger partial charge in [-0.3, -0.25) is 9.59 Å². The van der Waals surface area contributed by atoms with Crippen LogP contribution in [-0.4, -0.2) is 42.0 Å². The van der Waals surface area contributed by atoms with Crippen LogP contribution in [0.1, 0.15) is 23.2 Å². The number of benzene rings is 2. The lowest BCUT2D eigenvalue weighted by Gasteiger charge is -2.36. The quantitative estimate of drug-likeness (QED) is 0.681. The molecular weight excluding hydrogens is 414 g/mol. The van der Waals surface area contributed by atoms with Gasteiger partial charge in [0, 0.05) is 38.3 Å². The zero-order valence-corrected chi connectivity index (χ0v) is 17.6. The summed E-state index contributed by atoms with van der Waals surface area (Å²) in [6.45, 7) is 3.86. The number of anilines is 1. The largest absolute Gasteiger partial charge is 0.367 e. The summed E-state index contributed by atoms with van der Waals surface area (Å²) >= 11 is 0. The summed E-state index contributed by atoms with van der Waals surface area (Å²) in [6, 6.07) is 10.8. The molecule has 0 radical (unpaired) electrons. The Hall–Kier alpha value is -3.73. The van der Waals surface area contributed by atoms with E-state index in [-0.39, 0.29) is 23.3 Å². The van der Waals surface area contributed by atoms with Crippen LogP contribution in [-0.2, 0) is 11.2 Å². The summed E-state index contributed by atoms with van der Waals surface area (Å²) < 4.78 is 27.4. The molecule has 1 aliphatic heterocycles. The van der Waals surface area contributed by atoms with Gasteiger partial charge in [-0.2, -0.15) is 5.26 Å². The van der Waals surface area contributed by atoms with E-state index in [0.29, 0.717) is 49.4 Å². The molecule has 1 N–H and O–H groups in total. The van der Waals surface area contributed by atoms with Crippen molar-refractivity contribution < 1.29 is 13.6 Å². The summed E-state index contributed by atoms with van der Waals surface area (Å²) in [5.41, 5.74) is 1.84. The topological polar surface area (TPSA) is 80.2 Å². The van der Waals surface area contributed by atoms with Gasteiger partial charge in [0.25, 0.3) is 5.56 Å². The molecule has 0 atom stereocenters. The Kier molecular flexibility index (Phi) is 5.91. The van der Waals surface area contributed by atoms with Gasteiger partial charge in [0.15, 0.2) is 0 Å². The molecule has 1 saturated heterocycles. The molecule has 0 spiro atoms. The number of hydrogen-bond acceptors (Lipinski definition) is 4. The van der Waals surface area contributed by atoms with Crippen LogP contribution < -0.4 is 10.5 Å². The molecule has 0 unspecified atom stereocenters. The second-order valence-corrected chi connectivity index (χ2v) is 7.92. The van der Waals surface area contributed by atoms with Crippen LogP contribution >= 0.6 is 0 Å². The molecule has 3 aromatic rings.